The van der Waals surface area contributed by atoms with Crippen LogP contribution in [-0.4, -0.2) is 15.2 Å². The van der Waals surface area contributed by atoms with E-state index in [-0.39, 0.29) is 0 Å². The molecular weight excluding hydrogens is 166 g/mol. The monoisotopic (exact) mass is 175 g/mol. The number of rotatable bonds is 2. The molecule has 4 N–H and O–H groups in total. The minimum atomic E-state index is 0.494. The molecule has 13 heavy (non-hydrogen) atoms. The van der Waals surface area contributed by atoms with Gasteiger partial charge in [0.15, 0.2) is 0 Å². The Kier molecular flexibility index (Phi) is 1.84. The van der Waals surface area contributed by atoms with E-state index in [0.717, 1.165) is 5.69 Å². The van der Waals surface area contributed by atoms with Crippen molar-refractivity contribution in [3.63, 3.8) is 0 Å². The van der Waals surface area contributed by atoms with Crippen LogP contribution in [-0.2, 0) is 0 Å². The first kappa shape index (κ1) is 7.60. The largest absolute Gasteiger partial charge is 0.384 e. The van der Waals surface area contributed by atoms with E-state index in [2.05, 4.69) is 20.5 Å². The first-order chi connectivity index (χ1) is 6.34. The SMILES string of the molecule is Nc1cccc(Nc2cn[nH]c2)n1. The summed E-state index contributed by atoms with van der Waals surface area (Å²) in [7, 11) is 0. The maximum absolute atomic E-state index is 5.51. The lowest BCUT2D eigenvalue weighted by Crippen LogP contribution is -1.95. The van der Waals surface area contributed by atoms with Gasteiger partial charge in [0, 0.05) is 6.20 Å². The van der Waals surface area contributed by atoms with E-state index < -0.39 is 0 Å². The summed E-state index contributed by atoms with van der Waals surface area (Å²) in [4.78, 5) is 4.07. The van der Waals surface area contributed by atoms with Gasteiger partial charge in [-0.15, -0.1) is 0 Å². The molecule has 0 aliphatic carbocycles. The number of aromatic nitrogens is 3. The molecular formula is C8H9N5. The molecule has 66 valence electrons. The standard InChI is InChI=1S/C8H9N5/c9-7-2-1-3-8(13-7)12-6-4-10-11-5-6/h1-5H,(H,10,11)(H3,9,12,13). The van der Waals surface area contributed by atoms with Gasteiger partial charge in [-0.05, 0) is 12.1 Å². The zero-order chi connectivity index (χ0) is 9.10. The number of nitrogens with zero attached hydrogens (tertiary/aromatic N) is 2. The summed E-state index contributed by atoms with van der Waals surface area (Å²) < 4.78 is 0. The fourth-order valence-electron chi connectivity index (χ4n) is 0.988. The van der Waals surface area contributed by atoms with E-state index in [1.165, 1.54) is 0 Å². The predicted molar refractivity (Wildman–Crippen MR) is 50.5 cm³/mol. The number of anilines is 3. The molecule has 0 aliphatic heterocycles. The summed E-state index contributed by atoms with van der Waals surface area (Å²) in [6, 6.07) is 5.41. The Morgan fingerprint density at radius 1 is 1.38 bits per heavy atom. The van der Waals surface area contributed by atoms with Gasteiger partial charge in [0.05, 0.1) is 11.9 Å². The Bertz CT molecular complexity index is 381. The molecule has 0 amide bonds. The Morgan fingerprint density at radius 2 is 2.31 bits per heavy atom. The fourth-order valence-corrected chi connectivity index (χ4v) is 0.988. The third kappa shape index (κ3) is 1.76. The van der Waals surface area contributed by atoms with Gasteiger partial charge in [-0.25, -0.2) is 4.98 Å². The van der Waals surface area contributed by atoms with Crippen LogP contribution in [0.25, 0.3) is 0 Å². The third-order valence-corrected chi connectivity index (χ3v) is 1.54. The van der Waals surface area contributed by atoms with Gasteiger partial charge in [0.25, 0.3) is 0 Å². The van der Waals surface area contributed by atoms with Crippen LogP contribution in [0, 0.1) is 0 Å². The van der Waals surface area contributed by atoms with Gasteiger partial charge in [-0.1, -0.05) is 6.07 Å². The van der Waals surface area contributed by atoms with Crippen molar-refractivity contribution >= 4 is 17.3 Å². The summed E-state index contributed by atoms with van der Waals surface area (Å²) in [5.74, 6) is 1.20. The van der Waals surface area contributed by atoms with Gasteiger partial charge in [0.1, 0.15) is 11.6 Å². The number of nitrogens with two attached hydrogens (primary N) is 1. The lowest BCUT2D eigenvalue weighted by molar-refractivity contribution is 1.09. The molecule has 2 aromatic heterocycles. The molecule has 0 radical (unpaired) electrons. The van der Waals surface area contributed by atoms with Crippen LogP contribution in [0.5, 0.6) is 0 Å². The molecule has 2 rings (SSSR count). The van der Waals surface area contributed by atoms with Crippen LogP contribution in [0.3, 0.4) is 0 Å². The van der Waals surface area contributed by atoms with Crippen LogP contribution in [0.4, 0.5) is 17.3 Å². The first-order valence-electron chi connectivity index (χ1n) is 3.83. The molecule has 0 saturated carbocycles. The summed E-state index contributed by atoms with van der Waals surface area (Å²) in [5, 5.41) is 9.53. The summed E-state index contributed by atoms with van der Waals surface area (Å²) in [5.41, 5.74) is 6.37. The second-order valence-electron chi connectivity index (χ2n) is 2.56. The zero-order valence-electron chi connectivity index (χ0n) is 6.86. The number of nitrogens with one attached hydrogen (secondary N) is 2. The van der Waals surface area contributed by atoms with Crippen molar-refractivity contribution in [3.8, 4) is 0 Å². The maximum atomic E-state index is 5.51. The van der Waals surface area contributed by atoms with Crippen LogP contribution in [0.2, 0.25) is 0 Å². The minimum Gasteiger partial charge on any atom is -0.384 e. The number of hydrogen-bond donors (Lipinski definition) is 3. The second kappa shape index (κ2) is 3.14. The molecule has 2 heterocycles. The number of aromatic amines is 1. The molecule has 0 bridgehead atoms. The quantitative estimate of drug-likeness (QED) is 0.639. The lowest BCUT2D eigenvalue weighted by Gasteiger charge is -2.01. The van der Waals surface area contributed by atoms with E-state index in [1.54, 1.807) is 18.5 Å². The van der Waals surface area contributed by atoms with E-state index in [4.69, 9.17) is 5.73 Å². The molecule has 0 aromatic carbocycles. The summed E-state index contributed by atoms with van der Waals surface area (Å²) in [6.07, 6.45) is 3.41. The zero-order valence-corrected chi connectivity index (χ0v) is 6.86. The molecule has 0 aliphatic rings. The molecule has 2 aromatic rings. The van der Waals surface area contributed by atoms with Crippen LogP contribution < -0.4 is 11.1 Å². The van der Waals surface area contributed by atoms with E-state index in [9.17, 15) is 0 Å². The number of H-pyrrole nitrogens is 1. The van der Waals surface area contributed by atoms with Crippen molar-refractivity contribution in [2.24, 2.45) is 0 Å². The van der Waals surface area contributed by atoms with Gasteiger partial charge in [-0.2, -0.15) is 5.10 Å². The van der Waals surface area contributed by atoms with Crippen molar-refractivity contribution in [1.82, 2.24) is 15.2 Å². The Balaban J connectivity index is 2.19. The predicted octanol–water partition coefficient (Wildman–Crippen LogP) is 1.13. The van der Waals surface area contributed by atoms with Crippen molar-refractivity contribution in [2.45, 2.75) is 0 Å². The highest BCUT2D eigenvalue weighted by atomic mass is 15.1. The Labute approximate surface area is 75.0 Å². The van der Waals surface area contributed by atoms with Crippen LogP contribution >= 0.6 is 0 Å². The van der Waals surface area contributed by atoms with E-state index in [0.29, 0.717) is 11.6 Å². The summed E-state index contributed by atoms with van der Waals surface area (Å²) >= 11 is 0. The molecule has 0 spiro atoms. The normalized spacial score (nSPS) is 9.85. The average Bonchev–Trinajstić information content (AvgIpc) is 2.57. The smallest absolute Gasteiger partial charge is 0.132 e. The highest BCUT2D eigenvalue weighted by Crippen LogP contribution is 2.12. The molecule has 5 nitrogen and oxygen atoms in total. The average molecular weight is 175 g/mol. The third-order valence-electron chi connectivity index (χ3n) is 1.54. The van der Waals surface area contributed by atoms with Crippen molar-refractivity contribution < 1.29 is 0 Å². The van der Waals surface area contributed by atoms with Crippen molar-refractivity contribution in [3.05, 3.63) is 30.6 Å². The fraction of sp³-hybridized carbons (Fsp3) is 0. The van der Waals surface area contributed by atoms with Crippen molar-refractivity contribution in [1.29, 1.82) is 0 Å². The highest BCUT2D eigenvalue weighted by Gasteiger charge is 1.95. The second-order valence-corrected chi connectivity index (χ2v) is 2.56. The number of hydrogen-bond acceptors (Lipinski definition) is 4. The van der Waals surface area contributed by atoms with Gasteiger partial charge < -0.3 is 11.1 Å². The minimum absolute atomic E-state index is 0.494. The highest BCUT2D eigenvalue weighted by molar-refractivity contribution is 5.55. The van der Waals surface area contributed by atoms with E-state index in [1.807, 2.05) is 12.1 Å². The Morgan fingerprint density at radius 3 is 3.00 bits per heavy atom. The molecule has 5 heteroatoms. The number of pyridine rings is 1. The summed E-state index contributed by atoms with van der Waals surface area (Å²) in [6.45, 7) is 0. The topological polar surface area (TPSA) is 79.6 Å². The van der Waals surface area contributed by atoms with Crippen molar-refractivity contribution in [2.75, 3.05) is 11.1 Å². The van der Waals surface area contributed by atoms with Gasteiger partial charge in [0.2, 0.25) is 0 Å². The molecule has 0 fully saturated rings. The lowest BCUT2D eigenvalue weighted by atomic mass is 10.4. The number of nitrogen functional groups attached to an aromatic ring is 1. The molecule has 0 atom stereocenters. The van der Waals surface area contributed by atoms with E-state index >= 15 is 0 Å². The van der Waals surface area contributed by atoms with Gasteiger partial charge >= 0.3 is 0 Å². The molecule has 0 saturated heterocycles. The molecule has 0 unspecified atom stereocenters. The van der Waals surface area contributed by atoms with Gasteiger partial charge in [-0.3, -0.25) is 5.10 Å². The van der Waals surface area contributed by atoms with Crippen LogP contribution in [0.1, 0.15) is 0 Å². The van der Waals surface area contributed by atoms with Crippen LogP contribution in [0.15, 0.2) is 30.6 Å². The first-order valence-corrected chi connectivity index (χ1v) is 3.83. The maximum Gasteiger partial charge on any atom is 0.132 e. The Hall–Kier alpha value is -2.04.